The van der Waals surface area contributed by atoms with E-state index in [0.717, 1.165) is 18.4 Å². The number of hydrogen-bond acceptors (Lipinski definition) is 4. The third-order valence-corrected chi connectivity index (χ3v) is 14.6. The number of carbonyl (C=O) groups excluding carboxylic acids is 1. The van der Waals surface area contributed by atoms with Gasteiger partial charge in [-0.25, -0.2) is 4.98 Å². The number of hydrogen-bond donors (Lipinski definition) is 1. The Hall–Kier alpha value is -4.30. The van der Waals surface area contributed by atoms with Gasteiger partial charge in [-0.1, -0.05) is 123 Å². The molecule has 1 heterocycles. The molecular formula is C41H44ClN3O3Si. The summed E-state index contributed by atoms with van der Waals surface area (Å²) in [5.41, 5.74) is 3.45. The first-order chi connectivity index (χ1) is 23.5. The highest BCUT2D eigenvalue weighted by Gasteiger charge is 2.50. The van der Waals surface area contributed by atoms with E-state index in [2.05, 4.69) is 98.9 Å². The molecule has 1 aliphatic carbocycles. The Balaban J connectivity index is 1.25. The number of amides is 1. The molecule has 0 saturated heterocycles. The van der Waals surface area contributed by atoms with Crippen molar-refractivity contribution in [2.45, 2.75) is 71.0 Å². The molecule has 49 heavy (non-hydrogen) atoms. The van der Waals surface area contributed by atoms with E-state index in [1.165, 1.54) is 20.5 Å². The number of nitrogens with one attached hydrogen (secondary N) is 1. The zero-order chi connectivity index (χ0) is 34.8. The topological polar surface area (TPSA) is 73.2 Å². The molecular weight excluding hydrogens is 646 g/mol. The van der Waals surface area contributed by atoms with Crippen molar-refractivity contribution in [2.75, 3.05) is 6.61 Å². The lowest BCUT2D eigenvalue weighted by atomic mass is 9.80. The highest BCUT2D eigenvalue weighted by molar-refractivity contribution is 6.99. The molecule has 0 fully saturated rings. The largest absolute Gasteiger partial charge is 0.407 e. The maximum atomic E-state index is 14.0. The van der Waals surface area contributed by atoms with E-state index in [9.17, 15) is 9.59 Å². The summed E-state index contributed by atoms with van der Waals surface area (Å²) in [6.07, 6.45) is 4.07. The summed E-state index contributed by atoms with van der Waals surface area (Å²) in [5.74, 6) is 0.375. The van der Waals surface area contributed by atoms with E-state index in [1.807, 2.05) is 38.1 Å². The number of halogens is 1. The van der Waals surface area contributed by atoms with Gasteiger partial charge in [0.2, 0.25) is 5.91 Å². The van der Waals surface area contributed by atoms with Gasteiger partial charge in [-0.3, -0.25) is 14.2 Å². The molecule has 1 aliphatic rings. The molecule has 6 rings (SSSR count). The van der Waals surface area contributed by atoms with Gasteiger partial charge in [-0.15, -0.1) is 0 Å². The van der Waals surface area contributed by atoms with Gasteiger partial charge >= 0.3 is 0 Å². The molecule has 0 spiro atoms. The lowest BCUT2D eigenvalue weighted by Gasteiger charge is -2.43. The minimum absolute atomic E-state index is 0.0493. The van der Waals surface area contributed by atoms with Crippen molar-refractivity contribution in [3.05, 3.63) is 136 Å². The summed E-state index contributed by atoms with van der Waals surface area (Å²) < 4.78 is 8.57. The van der Waals surface area contributed by atoms with Crippen molar-refractivity contribution in [1.29, 1.82) is 0 Å². The van der Waals surface area contributed by atoms with Gasteiger partial charge in [0.05, 0.1) is 10.9 Å². The Kier molecular flexibility index (Phi) is 10.1. The van der Waals surface area contributed by atoms with E-state index in [-0.39, 0.29) is 35.0 Å². The van der Waals surface area contributed by atoms with Crippen LogP contribution in [0.3, 0.4) is 0 Å². The van der Waals surface area contributed by atoms with Gasteiger partial charge in [0, 0.05) is 29.2 Å². The van der Waals surface area contributed by atoms with Crippen LogP contribution >= 0.6 is 11.6 Å². The molecule has 1 aromatic heterocycles. The van der Waals surface area contributed by atoms with E-state index in [0.29, 0.717) is 33.9 Å². The fraction of sp³-hybridized carbons (Fsp3) is 0.293. The lowest BCUT2D eigenvalue weighted by Crippen LogP contribution is -2.66. The van der Waals surface area contributed by atoms with Crippen LogP contribution in [-0.4, -0.2) is 36.4 Å². The molecule has 0 aliphatic heterocycles. The molecule has 0 saturated carbocycles. The normalized spacial score (nSPS) is 14.8. The number of fused-ring (bicyclic) bond motifs is 1. The van der Waals surface area contributed by atoms with E-state index in [1.54, 1.807) is 12.1 Å². The zero-order valence-corrected chi connectivity index (χ0v) is 30.6. The van der Waals surface area contributed by atoms with Crippen LogP contribution in [0.4, 0.5) is 0 Å². The van der Waals surface area contributed by atoms with Gasteiger partial charge in [0.25, 0.3) is 13.9 Å². The van der Waals surface area contributed by atoms with Crippen molar-refractivity contribution in [2.24, 2.45) is 0 Å². The molecule has 4 aromatic carbocycles. The average molecular weight is 690 g/mol. The van der Waals surface area contributed by atoms with E-state index >= 15 is 0 Å². The standard InChI is InChI=1S/C41H44ClN3O3Si/c1-28(2)43-38(46)27-45-39(31-13-12-14-33(42)25-31)44-37-20-19-30(26-36(37)40(45)47)32-23-29(24-32)21-22-48-49(41(3,4)5,34-15-8-6-9-16-34)35-17-10-7-11-18-35/h6-20,23,25-26,28,32H,21-22,24,27H2,1-5H3,(H,43,46). The third-order valence-electron chi connectivity index (χ3n) is 9.32. The predicted molar refractivity (Wildman–Crippen MR) is 203 cm³/mol. The van der Waals surface area contributed by atoms with Gasteiger partial charge in [0.15, 0.2) is 0 Å². The minimum atomic E-state index is -2.59. The Bertz CT molecular complexity index is 2010. The van der Waals surface area contributed by atoms with Gasteiger partial charge in [0.1, 0.15) is 12.4 Å². The SMILES string of the molecule is CC(C)NC(=O)Cn1c(-c2cccc(Cl)c2)nc2ccc(C3C=C(CCO[Si](c4ccccc4)(c4ccccc4)C(C)(C)C)C3)cc2c1=O. The molecule has 8 heteroatoms. The quantitative estimate of drug-likeness (QED) is 0.114. The zero-order valence-electron chi connectivity index (χ0n) is 28.9. The summed E-state index contributed by atoms with van der Waals surface area (Å²) in [4.78, 5) is 31.7. The Morgan fingerprint density at radius 3 is 2.20 bits per heavy atom. The van der Waals surface area contributed by atoms with Crippen LogP contribution in [0.15, 0.2) is 120 Å². The Labute approximate surface area is 295 Å². The molecule has 252 valence electrons. The molecule has 0 radical (unpaired) electrons. The highest BCUT2D eigenvalue weighted by atomic mass is 35.5. The van der Waals surface area contributed by atoms with Crippen LogP contribution in [0.2, 0.25) is 10.1 Å². The van der Waals surface area contributed by atoms with Gasteiger partial charge in [-0.2, -0.15) is 0 Å². The number of benzene rings is 4. The second kappa shape index (κ2) is 14.3. The first kappa shape index (κ1) is 34.6. The van der Waals surface area contributed by atoms with Crippen molar-refractivity contribution in [3.63, 3.8) is 0 Å². The molecule has 5 aromatic rings. The van der Waals surface area contributed by atoms with Crippen LogP contribution in [0.1, 0.15) is 58.9 Å². The summed E-state index contributed by atoms with van der Waals surface area (Å²) >= 11 is 6.29. The van der Waals surface area contributed by atoms with Crippen molar-refractivity contribution in [1.82, 2.24) is 14.9 Å². The first-order valence-electron chi connectivity index (χ1n) is 17.0. The molecule has 1 unspecified atom stereocenters. The smallest absolute Gasteiger partial charge is 0.262 e. The summed E-state index contributed by atoms with van der Waals surface area (Å²) in [6, 6.07) is 34.5. The molecule has 1 N–H and O–H groups in total. The second-order valence-electron chi connectivity index (χ2n) is 14.2. The summed E-state index contributed by atoms with van der Waals surface area (Å²) in [7, 11) is -2.59. The van der Waals surface area contributed by atoms with Crippen molar-refractivity contribution < 1.29 is 9.22 Å². The maximum absolute atomic E-state index is 14.0. The highest BCUT2D eigenvalue weighted by Crippen LogP contribution is 2.40. The molecule has 0 bridgehead atoms. The predicted octanol–water partition coefficient (Wildman–Crippen LogP) is 7.62. The number of nitrogens with zero attached hydrogens (tertiary/aromatic N) is 2. The molecule has 6 nitrogen and oxygen atoms in total. The summed E-state index contributed by atoms with van der Waals surface area (Å²) in [6.45, 7) is 11.2. The van der Waals surface area contributed by atoms with Crippen LogP contribution in [0.25, 0.3) is 22.3 Å². The minimum Gasteiger partial charge on any atom is -0.407 e. The second-order valence-corrected chi connectivity index (χ2v) is 19.0. The number of allylic oxidation sites excluding steroid dienone is 1. The average Bonchev–Trinajstić information content (AvgIpc) is 3.05. The first-order valence-corrected chi connectivity index (χ1v) is 19.3. The molecule has 1 atom stereocenters. The fourth-order valence-electron chi connectivity index (χ4n) is 7.00. The van der Waals surface area contributed by atoms with Crippen LogP contribution < -0.4 is 21.2 Å². The summed E-state index contributed by atoms with van der Waals surface area (Å²) in [5, 5.41) is 6.42. The van der Waals surface area contributed by atoms with E-state index < -0.39 is 8.32 Å². The van der Waals surface area contributed by atoms with Crippen molar-refractivity contribution in [3.8, 4) is 11.4 Å². The van der Waals surface area contributed by atoms with E-state index in [4.69, 9.17) is 21.0 Å². The van der Waals surface area contributed by atoms with Crippen LogP contribution in [-0.2, 0) is 15.8 Å². The maximum Gasteiger partial charge on any atom is 0.262 e. The number of aromatic nitrogens is 2. The number of carbonyl (C=O) groups is 1. The van der Waals surface area contributed by atoms with Crippen molar-refractivity contribution >= 4 is 47.1 Å². The number of rotatable bonds is 11. The monoisotopic (exact) mass is 689 g/mol. The Morgan fingerprint density at radius 2 is 1.61 bits per heavy atom. The molecule has 1 amide bonds. The van der Waals surface area contributed by atoms with Crippen LogP contribution in [0, 0.1) is 0 Å². The van der Waals surface area contributed by atoms with Crippen LogP contribution in [0.5, 0.6) is 0 Å². The van der Waals surface area contributed by atoms with Gasteiger partial charge < -0.3 is 9.74 Å². The third kappa shape index (κ3) is 7.20. The van der Waals surface area contributed by atoms with Gasteiger partial charge in [-0.05, 0) is 71.9 Å². The fourth-order valence-corrected chi connectivity index (χ4v) is 11.8. The lowest BCUT2D eigenvalue weighted by molar-refractivity contribution is -0.122. The Morgan fingerprint density at radius 1 is 0.959 bits per heavy atom.